The molecule has 0 radical (unpaired) electrons. The lowest BCUT2D eigenvalue weighted by Gasteiger charge is -2.43. The van der Waals surface area contributed by atoms with Gasteiger partial charge in [0.15, 0.2) is 0 Å². The van der Waals surface area contributed by atoms with Crippen LogP contribution in [0.5, 0.6) is 0 Å². The van der Waals surface area contributed by atoms with Crippen molar-refractivity contribution in [2.24, 2.45) is 0 Å². The molecule has 4 atom stereocenters. The number of alkyl halides is 34. The van der Waals surface area contributed by atoms with Crippen molar-refractivity contribution in [1.29, 1.82) is 0 Å². The van der Waals surface area contributed by atoms with E-state index in [4.69, 9.17) is 0 Å². The summed E-state index contributed by atoms with van der Waals surface area (Å²) in [4.78, 5) is 0. The Kier molecular flexibility index (Phi) is 14.4. The molecule has 0 bridgehead atoms. The Hall–Kier alpha value is -3.54. The lowest BCUT2D eigenvalue weighted by atomic mass is 9.72. The van der Waals surface area contributed by atoms with Crippen molar-refractivity contribution in [1.82, 2.24) is 0 Å². The summed E-state index contributed by atoms with van der Waals surface area (Å²) in [5.74, 6) is -51.9. The highest BCUT2D eigenvalue weighted by atomic mass is 19.5. The van der Waals surface area contributed by atoms with Crippen LogP contribution in [0.15, 0.2) is 12.1 Å². The molecule has 0 aliphatic rings. The minimum Gasteiger partial charge on any atom is -0.423 e. The molecule has 1 rings (SSSR count). The van der Waals surface area contributed by atoms with Crippen molar-refractivity contribution in [3.63, 3.8) is 0 Å². The predicted molar refractivity (Wildman–Crippen MR) is 124 cm³/mol. The van der Waals surface area contributed by atoms with Gasteiger partial charge in [0, 0.05) is 16.8 Å². The Labute approximate surface area is 323 Å². The molecule has 376 valence electrons. The van der Waals surface area contributed by atoms with E-state index in [1.807, 2.05) is 0 Å². The zero-order valence-corrected chi connectivity index (χ0v) is 27.7. The number of halogens is 34. The van der Waals surface area contributed by atoms with Crippen molar-refractivity contribution < 1.29 is 178 Å². The van der Waals surface area contributed by atoms with E-state index in [9.17, 15) is 151 Å². The van der Waals surface area contributed by atoms with E-state index in [0.717, 1.165) is 9.47 Å². The Bertz CT molecular complexity index is 1830. The molecule has 64 heavy (non-hydrogen) atoms. The van der Waals surface area contributed by atoms with Crippen molar-refractivity contribution in [2.45, 2.75) is 96.8 Å². The van der Waals surface area contributed by atoms with Crippen molar-refractivity contribution in [3.05, 3.63) is 23.3 Å². The normalized spacial score (nSPS) is 19.1. The first-order chi connectivity index (χ1) is 27.3. The fourth-order valence-corrected chi connectivity index (χ4v) is 3.88. The summed E-state index contributed by atoms with van der Waals surface area (Å²) in [7, 11) is -4.78. The third kappa shape index (κ3) is 9.51. The van der Waals surface area contributed by atoms with Crippen LogP contribution < -0.4 is 11.2 Å². The smallest absolute Gasteiger partial charge is 0.423 e. The van der Waals surface area contributed by atoms with E-state index in [1.165, 1.54) is 0 Å². The predicted octanol–water partition coefficient (Wildman–Crippen LogP) is 9.61. The highest BCUT2D eigenvalue weighted by molar-refractivity contribution is 6.59. The largest absolute Gasteiger partial charge is 0.489 e. The number of anilines is 1. The van der Waals surface area contributed by atoms with Gasteiger partial charge >= 0.3 is 104 Å². The molecular formula is C22H6BF34NO6. The van der Waals surface area contributed by atoms with Gasteiger partial charge in [0.05, 0.1) is 0 Å². The lowest BCUT2D eigenvalue weighted by Crippen LogP contribution is -2.67. The van der Waals surface area contributed by atoms with Gasteiger partial charge in [-0.3, -0.25) is 18.9 Å². The number of hydrogen-bond acceptors (Lipinski definition) is 7. The molecule has 0 heterocycles. The molecule has 4 unspecified atom stereocenters. The fraction of sp³-hybridized carbons (Fsp3) is 0.727. The third-order valence-electron chi connectivity index (χ3n) is 6.86. The van der Waals surface area contributed by atoms with Gasteiger partial charge in [-0.2, -0.15) is 149 Å². The van der Waals surface area contributed by atoms with E-state index in [0.29, 0.717) is 0 Å². The summed E-state index contributed by atoms with van der Waals surface area (Å²) >= 11 is 0. The second-order valence-electron chi connectivity index (χ2n) is 11.4. The van der Waals surface area contributed by atoms with E-state index in [2.05, 4.69) is 5.73 Å². The number of ether oxygens (including phenoxy) is 4. The topological polar surface area (TPSA) is 103 Å². The molecule has 0 aromatic heterocycles. The van der Waals surface area contributed by atoms with Gasteiger partial charge in [0.25, 0.3) is 0 Å². The molecule has 42 heteroatoms. The Morgan fingerprint density at radius 2 is 0.641 bits per heavy atom. The molecule has 0 spiro atoms. The van der Waals surface area contributed by atoms with Gasteiger partial charge in [0.1, 0.15) is 0 Å². The molecular weight excluding hydrogens is 1030 g/mol. The van der Waals surface area contributed by atoms with Crippen molar-refractivity contribution >= 4 is 18.3 Å². The number of hydrogen-bond donors (Lipinski definition) is 3. The first-order valence-electron chi connectivity index (χ1n) is 13.8. The second-order valence-corrected chi connectivity index (χ2v) is 11.4. The summed E-state index contributed by atoms with van der Waals surface area (Å²) < 4.78 is 473. The zero-order valence-electron chi connectivity index (χ0n) is 27.7. The van der Waals surface area contributed by atoms with Gasteiger partial charge in [0.2, 0.25) is 0 Å². The zero-order chi connectivity index (χ0) is 52.1. The van der Waals surface area contributed by atoms with Crippen LogP contribution >= 0.6 is 0 Å². The average molecular weight is 1040 g/mol. The van der Waals surface area contributed by atoms with E-state index in [-0.39, 0.29) is 0 Å². The monoisotopic (exact) mass is 1040 g/mol. The molecule has 1 aromatic rings. The van der Waals surface area contributed by atoms with Crippen LogP contribution in [0.25, 0.3) is 0 Å². The molecule has 0 saturated carbocycles. The molecule has 0 fully saturated rings. The highest BCUT2D eigenvalue weighted by Crippen LogP contribution is 2.62. The second kappa shape index (κ2) is 15.8. The molecule has 4 N–H and O–H groups in total. The number of nitrogen functional groups attached to an aromatic ring is 1. The van der Waals surface area contributed by atoms with E-state index in [1.54, 1.807) is 9.47 Å². The van der Waals surface area contributed by atoms with Crippen molar-refractivity contribution in [3.8, 4) is 0 Å². The molecule has 1 aromatic carbocycles. The van der Waals surface area contributed by atoms with Crippen LogP contribution in [0, 0.1) is 0 Å². The molecule has 0 aliphatic carbocycles. The lowest BCUT2D eigenvalue weighted by molar-refractivity contribution is -0.556. The number of rotatable bonds is 15. The van der Waals surface area contributed by atoms with Crippen molar-refractivity contribution in [2.75, 3.05) is 5.73 Å². The summed E-state index contributed by atoms with van der Waals surface area (Å²) in [6.07, 6.45) is -86.2. The standard InChI is InChI=1S/C22H6BF34NO6/c24-7(13(32,33)34,61-21(54,55)11(30,17(44,45)46)63-19(50,51)9(26,27)15(38,39)40)4-1-3(58)2-5(23(59)60)6(4)8(25,14(35,36)37)62-22(56,57)12(31,18(47,48)49)64-20(52,53)10(28,29)16(41,42)43/h1-2,59-60H,58H2. The average Bonchev–Trinajstić information content (AvgIpc) is 2.99. The van der Waals surface area contributed by atoms with Crippen LogP contribution in [0.4, 0.5) is 155 Å². The SMILES string of the molecule is Nc1cc(B(O)O)c(C(F)(OC(F)(F)C(F)(OC(F)(F)C(F)(F)C(F)(F)F)C(F)(F)F)C(F)(F)F)c(C(F)(OC(F)(F)C(F)(OC(F)(F)C(F)(F)C(F)(F)F)C(F)(F)F)C(F)(F)F)c1. The number of nitrogens with two attached hydrogens (primary N) is 1. The molecule has 0 amide bonds. The third-order valence-corrected chi connectivity index (χ3v) is 6.86. The molecule has 7 nitrogen and oxygen atoms in total. The van der Waals surface area contributed by atoms with E-state index >= 15 is 8.78 Å². The first kappa shape index (κ1) is 58.5. The summed E-state index contributed by atoms with van der Waals surface area (Å²) in [6.45, 7) is 0. The van der Waals surface area contributed by atoms with Gasteiger partial charge in [-0.25, -0.2) is 0 Å². The van der Waals surface area contributed by atoms with E-state index < -0.39 is 138 Å². The van der Waals surface area contributed by atoms with Crippen LogP contribution in [0.1, 0.15) is 11.1 Å². The van der Waals surface area contributed by atoms with Crippen LogP contribution in [-0.4, -0.2) is 102 Å². The van der Waals surface area contributed by atoms with Gasteiger partial charge < -0.3 is 15.8 Å². The summed E-state index contributed by atoms with van der Waals surface area (Å²) in [5.41, 5.74) is -11.3. The quantitative estimate of drug-likeness (QED) is 0.0914. The van der Waals surface area contributed by atoms with Gasteiger partial charge in [-0.05, 0) is 17.6 Å². The van der Waals surface area contributed by atoms with Gasteiger partial charge in [-0.15, -0.1) is 0 Å². The Morgan fingerprint density at radius 1 is 0.359 bits per heavy atom. The summed E-state index contributed by atoms with van der Waals surface area (Å²) in [5, 5.41) is 18.6. The van der Waals surface area contributed by atoms with Crippen LogP contribution in [0.3, 0.4) is 0 Å². The number of benzene rings is 1. The maximum absolute atomic E-state index is 16.0. The Morgan fingerprint density at radius 3 is 0.875 bits per heavy atom. The van der Waals surface area contributed by atoms with Crippen LogP contribution in [0.2, 0.25) is 0 Å². The summed E-state index contributed by atoms with van der Waals surface area (Å²) in [6, 6.07) is -3.15. The fourth-order valence-electron chi connectivity index (χ4n) is 3.88. The maximum atomic E-state index is 16.0. The molecule has 0 aliphatic heterocycles. The van der Waals surface area contributed by atoms with Gasteiger partial charge in [-0.1, -0.05) is 0 Å². The first-order valence-corrected chi connectivity index (χ1v) is 13.8. The van der Waals surface area contributed by atoms with Crippen LogP contribution in [-0.2, 0) is 30.7 Å². The molecule has 0 saturated heterocycles. The minimum absolute atomic E-state index is 1.06. The highest BCUT2D eigenvalue weighted by Gasteiger charge is 2.88. The maximum Gasteiger partial charge on any atom is 0.489 e. The minimum atomic E-state index is -9.06. The Balaban J connectivity index is 4.70.